The molecule has 0 aliphatic carbocycles. The van der Waals surface area contributed by atoms with Crippen LogP contribution in [-0.2, 0) is 6.54 Å². The largest absolute Gasteiger partial charge is 0.310 e. The van der Waals surface area contributed by atoms with E-state index in [9.17, 15) is 0 Å². The Morgan fingerprint density at radius 2 is 2.00 bits per heavy atom. The second kappa shape index (κ2) is 6.91. The van der Waals surface area contributed by atoms with Crippen LogP contribution in [0.4, 0.5) is 0 Å². The zero-order valence-electron chi connectivity index (χ0n) is 12.4. The number of rotatable bonds is 6. The van der Waals surface area contributed by atoms with Crippen LogP contribution in [-0.4, -0.2) is 16.3 Å². The number of benzene rings is 1. The van der Waals surface area contributed by atoms with Gasteiger partial charge in [-0.3, -0.25) is 4.68 Å². The highest BCUT2D eigenvalue weighted by Crippen LogP contribution is 2.18. The Hall–Kier alpha value is -1.32. The monoisotopic (exact) mass is 291 g/mol. The van der Waals surface area contributed by atoms with Gasteiger partial charge in [-0.15, -0.1) is 0 Å². The summed E-state index contributed by atoms with van der Waals surface area (Å²) in [6.07, 6.45) is 3.11. The molecular weight excluding hydrogens is 270 g/mol. The van der Waals surface area contributed by atoms with E-state index in [1.807, 2.05) is 35.1 Å². The lowest BCUT2D eigenvalue weighted by atomic mass is 10.1. The minimum Gasteiger partial charge on any atom is -0.310 e. The first kappa shape index (κ1) is 15.1. The average Bonchev–Trinajstić information content (AvgIpc) is 2.80. The molecule has 1 atom stereocenters. The molecule has 0 radical (unpaired) electrons. The minimum atomic E-state index is 0.342. The van der Waals surface area contributed by atoms with Gasteiger partial charge in [0.25, 0.3) is 0 Å². The Balaban J connectivity index is 2.10. The van der Waals surface area contributed by atoms with E-state index in [0.717, 1.165) is 24.5 Å². The van der Waals surface area contributed by atoms with Gasteiger partial charge < -0.3 is 5.32 Å². The summed E-state index contributed by atoms with van der Waals surface area (Å²) in [6.45, 7) is 8.30. The summed E-state index contributed by atoms with van der Waals surface area (Å²) in [5, 5.41) is 8.78. The van der Waals surface area contributed by atoms with Gasteiger partial charge in [-0.25, -0.2) is 0 Å². The molecule has 1 N–H and O–H groups in total. The van der Waals surface area contributed by atoms with Gasteiger partial charge in [-0.2, -0.15) is 5.10 Å². The smallest absolute Gasteiger partial charge is 0.0662 e. The normalized spacial score (nSPS) is 12.6. The van der Waals surface area contributed by atoms with Gasteiger partial charge in [-0.05, 0) is 44.5 Å². The number of nitrogens with zero attached hydrogens (tertiary/aromatic N) is 2. The van der Waals surface area contributed by atoms with Crippen molar-refractivity contribution in [3.05, 3.63) is 52.3 Å². The van der Waals surface area contributed by atoms with E-state index in [1.54, 1.807) is 0 Å². The molecule has 4 heteroatoms. The van der Waals surface area contributed by atoms with E-state index >= 15 is 0 Å². The Labute approximate surface area is 126 Å². The van der Waals surface area contributed by atoms with Gasteiger partial charge >= 0.3 is 0 Å². The highest BCUT2D eigenvalue weighted by molar-refractivity contribution is 6.30. The number of aromatic nitrogens is 2. The third-order valence-electron chi connectivity index (χ3n) is 3.55. The van der Waals surface area contributed by atoms with Crippen molar-refractivity contribution in [1.29, 1.82) is 0 Å². The van der Waals surface area contributed by atoms with E-state index < -0.39 is 0 Å². The van der Waals surface area contributed by atoms with Gasteiger partial charge in [-0.1, -0.05) is 30.7 Å². The number of nitrogens with one attached hydrogen (secondary N) is 1. The molecule has 0 amide bonds. The molecule has 108 valence electrons. The maximum absolute atomic E-state index is 5.91. The molecule has 0 spiro atoms. The summed E-state index contributed by atoms with van der Waals surface area (Å²) in [6, 6.07) is 8.27. The summed E-state index contributed by atoms with van der Waals surface area (Å²) in [5.74, 6) is 0. The van der Waals surface area contributed by atoms with Crippen molar-refractivity contribution in [2.45, 2.75) is 39.8 Å². The van der Waals surface area contributed by atoms with Gasteiger partial charge in [0, 0.05) is 22.3 Å². The molecule has 0 aliphatic rings. The first-order chi connectivity index (χ1) is 9.61. The van der Waals surface area contributed by atoms with Crippen LogP contribution < -0.4 is 5.32 Å². The highest BCUT2D eigenvalue weighted by atomic mass is 35.5. The molecule has 20 heavy (non-hydrogen) atoms. The molecule has 1 unspecified atom stereocenters. The van der Waals surface area contributed by atoms with Gasteiger partial charge in [0.05, 0.1) is 12.7 Å². The molecule has 3 nitrogen and oxygen atoms in total. The van der Waals surface area contributed by atoms with E-state index in [1.165, 1.54) is 16.8 Å². The molecule has 0 fully saturated rings. The third-order valence-corrected chi connectivity index (χ3v) is 3.81. The van der Waals surface area contributed by atoms with Gasteiger partial charge in [0.15, 0.2) is 0 Å². The topological polar surface area (TPSA) is 29.9 Å². The Morgan fingerprint density at radius 3 is 2.65 bits per heavy atom. The van der Waals surface area contributed by atoms with Crippen molar-refractivity contribution in [3.63, 3.8) is 0 Å². The molecular formula is C16H22ClN3. The Kier molecular flexibility index (Phi) is 5.21. The third kappa shape index (κ3) is 3.62. The van der Waals surface area contributed by atoms with E-state index in [2.05, 4.69) is 31.2 Å². The molecule has 0 saturated heterocycles. The van der Waals surface area contributed by atoms with Crippen LogP contribution in [0, 0.1) is 6.92 Å². The van der Waals surface area contributed by atoms with Gasteiger partial charge in [0.1, 0.15) is 0 Å². The zero-order valence-corrected chi connectivity index (χ0v) is 13.1. The van der Waals surface area contributed by atoms with E-state index in [-0.39, 0.29) is 0 Å². The first-order valence-corrected chi connectivity index (χ1v) is 7.49. The summed E-state index contributed by atoms with van der Waals surface area (Å²) in [7, 11) is 0. The van der Waals surface area contributed by atoms with Crippen molar-refractivity contribution >= 4 is 11.6 Å². The lowest BCUT2D eigenvalue weighted by molar-refractivity contribution is 0.565. The highest BCUT2D eigenvalue weighted by Gasteiger charge is 2.12. The molecule has 1 aromatic heterocycles. The zero-order chi connectivity index (χ0) is 14.5. The van der Waals surface area contributed by atoms with Crippen molar-refractivity contribution in [2.75, 3.05) is 6.54 Å². The minimum absolute atomic E-state index is 0.342. The number of hydrogen-bond acceptors (Lipinski definition) is 2. The fraction of sp³-hybridized carbons (Fsp3) is 0.438. The SMILES string of the molecule is CCCNC(C)c1cnn(Cc2ccc(Cl)cc2)c1C. The number of hydrogen-bond donors (Lipinski definition) is 1. The van der Waals surface area contributed by atoms with Crippen LogP contribution in [0.1, 0.15) is 43.1 Å². The van der Waals surface area contributed by atoms with Crippen molar-refractivity contribution in [1.82, 2.24) is 15.1 Å². The fourth-order valence-corrected chi connectivity index (χ4v) is 2.41. The lowest BCUT2D eigenvalue weighted by Gasteiger charge is -2.13. The summed E-state index contributed by atoms with van der Waals surface area (Å²) < 4.78 is 2.04. The molecule has 0 saturated carbocycles. The average molecular weight is 292 g/mol. The van der Waals surface area contributed by atoms with E-state index in [4.69, 9.17) is 11.6 Å². The predicted octanol–water partition coefficient (Wildman–Crippen LogP) is 3.95. The summed E-state index contributed by atoms with van der Waals surface area (Å²) >= 11 is 5.91. The van der Waals surface area contributed by atoms with Crippen LogP contribution in [0.2, 0.25) is 5.02 Å². The number of halogens is 1. The standard InChI is InChI=1S/C16H22ClN3/c1-4-9-18-12(2)16-10-19-20(13(16)3)11-14-5-7-15(17)8-6-14/h5-8,10,12,18H,4,9,11H2,1-3H3. The molecule has 0 aliphatic heterocycles. The summed E-state index contributed by atoms with van der Waals surface area (Å²) in [4.78, 5) is 0. The van der Waals surface area contributed by atoms with Crippen LogP contribution in [0.3, 0.4) is 0 Å². The maximum Gasteiger partial charge on any atom is 0.0662 e. The van der Waals surface area contributed by atoms with Crippen molar-refractivity contribution in [3.8, 4) is 0 Å². The molecule has 0 bridgehead atoms. The van der Waals surface area contributed by atoms with Gasteiger partial charge in [0.2, 0.25) is 0 Å². The van der Waals surface area contributed by atoms with E-state index in [0.29, 0.717) is 6.04 Å². The lowest BCUT2D eigenvalue weighted by Crippen LogP contribution is -2.19. The molecule has 1 aromatic carbocycles. The van der Waals surface area contributed by atoms with Crippen molar-refractivity contribution in [2.24, 2.45) is 0 Å². The van der Waals surface area contributed by atoms with Crippen molar-refractivity contribution < 1.29 is 0 Å². The van der Waals surface area contributed by atoms with Crippen LogP contribution in [0.25, 0.3) is 0 Å². The second-order valence-corrected chi connectivity index (χ2v) is 5.58. The molecule has 2 aromatic rings. The molecule has 1 heterocycles. The fourth-order valence-electron chi connectivity index (χ4n) is 2.28. The van der Waals surface area contributed by atoms with Crippen LogP contribution in [0.5, 0.6) is 0 Å². The maximum atomic E-state index is 5.91. The van der Waals surface area contributed by atoms with Crippen LogP contribution in [0.15, 0.2) is 30.5 Å². The Bertz CT molecular complexity index is 545. The van der Waals surface area contributed by atoms with Crippen LogP contribution >= 0.6 is 11.6 Å². The Morgan fingerprint density at radius 1 is 1.30 bits per heavy atom. The quantitative estimate of drug-likeness (QED) is 0.873. The first-order valence-electron chi connectivity index (χ1n) is 7.12. The second-order valence-electron chi connectivity index (χ2n) is 5.15. The predicted molar refractivity (Wildman–Crippen MR) is 84.2 cm³/mol. The molecule has 2 rings (SSSR count). The summed E-state index contributed by atoms with van der Waals surface area (Å²) in [5.41, 5.74) is 3.70.